The second-order valence-corrected chi connectivity index (χ2v) is 5.28. The first-order valence-electron chi connectivity index (χ1n) is 7.33. The molecule has 20 heavy (non-hydrogen) atoms. The van der Waals surface area contributed by atoms with Crippen molar-refractivity contribution in [1.29, 1.82) is 0 Å². The van der Waals surface area contributed by atoms with Crippen molar-refractivity contribution < 1.29 is 0 Å². The quantitative estimate of drug-likeness (QED) is 0.407. The van der Waals surface area contributed by atoms with E-state index in [1.165, 1.54) is 33.5 Å². The molecule has 0 bridgehead atoms. The van der Waals surface area contributed by atoms with Gasteiger partial charge in [0, 0.05) is 0 Å². The second kappa shape index (κ2) is 5.92. The maximum atomic E-state index is 5.46. The van der Waals surface area contributed by atoms with Gasteiger partial charge in [0.05, 0.1) is 0 Å². The molecule has 0 nitrogen and oxygen atoms in total. The molecule has 0 aliphatic carbocycles. The number of fused-ring (bicyclic) bond motifs is 2. The molecule has 99 valence electrons. The molecule has 0 heterocycles. The fraction of sp³-hybridized carbons (Fsp3) is 0.200. The highest BCUT2D eigenvalue weighted by atomic mass is 14.1. The fourth-order valence-electron chi connectivity index (χ4n) is 2.94. The van der Waals surface area contributed by atoms with Gasteiger partial charge in [-0.1, -0.05) is 61.2 Å². The lowest BCUT2D eigenvalue weighted by molar-refractivity contribution is 0.753. The van der Waals surface area contributed by atoms with Crippen molar-refractivity contribution in [2.45, 2.75) is 25.7 Å². The van der Waals surface area contributed by atoms with Crippen molar-refractivity contribution in [3.8, 4) is 0 Å². The Hall–Kier alpha value is -2.08. The number of allylic oxidation sites excluding steroid dienone is 1. The number of benzene rings is 3. The molecule has 0 heteroatoms. The Balaban J connectivity index is 2.10. The zero-order valence-corrected chi connectivity index (χ0v) is 11.7. The Morgan fingerprint density at radius 3 is 2.00 bits per heavy atom. The van der Waals surface area contributed by atoms with E-state index in [-0.39, 0.29) is 0 Å². The lowest BCUT2D eigenvalue weighted by atomic mass is 9.93. The summed E-state index contributed by atoms with van der Waals surface area (Å²) < 4.78 is 0. The van der Waals surface area contributed by atoms with Crippen molar-refractivity contribution >= 4 is 21.5 Å². The van der Waals surface area contributed by atoms with Gasteiger partial charge in [0.15, 0.2) is 0 Å². The van der Waals surface area contributed by atoms with Crippen LogP contribution >= 0.6 is 0 Å². The molecule has 0 fully saturated rings. The summed E-state index contributed by atoms with van der Waals surface area (Å²) in [6.45, 7) is 5.46. The van der Waals surface area contributed by atoms with Gasteiger partial charge in [0.2, 0.25) is 0 Å². The van der Waals surface area contributed by atoms with Crippen molar-refractivity contribution in [2.24, 2.45) is 0 Å². The molecule has 0 aliphatic rings. The molecular formula is C20H19. The van der Waals surface area contributed by atoms with Crippen LogP contribution in [0, 0.1) is 6.58 Å². The molecule has 0 N–H and O–H groups in total. The number of aryl methyl sites for hydroxylation is 1. The van der Waals surface area contributed by atoms with Crippen LogP contribution in [0.4, 0.5) is 0 Å². The monoisotopic (exact) mass is 259 g/mol. The highest BCUT2D eigenvalue weighted by Crippen LogP contribution is 2.29. The Morgan fingerprint density at radius 1 is 0.800 bits per heavy atom. The summed E-state index contributed by atoms with van der Waals surface area (Å²) in [5.41, 5.74) is 1.48. The summed E-state index contributed by atoms with van der Waals surface area (Å²) in [7, 11) is 0. The third kappa shape index (κ3) is 2.46. The fourth-order valence-corrected chi connectivity index (χ4v) is 2.94. The third-order valence-corrected chi connectivity index (χ3v) is 3.93. The summed E-state index contributed by atoms with van der Waals surface area (Å²) >= 11 is 0. The molecule has 0 spiro atoms. The second-order valence-electron chi connectivity index (χ2n) is 5.28. The van der Waals surface area contributed by atoms with Crippen molar-refractivity contribution in [3.63, 3.8) is 0 Å². The summed E-state index contributed by atoms with van der Waals surface area (Å²) in [4.78, 5) is 0. The number of hydrogen-bond acceptors (Lipinski definition) is 0. The van der Waals surface area contributed by atoms with Crippen LogP contribution in [0.1, 0.15) is 24.8 Å². The lowest BCUT2D eigenvalue weighted by Gasteiger charge is -2.11. The van der Waals surface area contributed by atoms with Gasteiger partial charge < -0.3 is 0 Å². The first kappa shape index (κ1) is 12.9. The highest BCUT2D eigenvalue weighted by molar-refractivity contribution is 6.02. The van der Waals surface area contributed by atoms with E-state index in [1.807, 2.05) is 0 Å². The molecule has 0 unspecified atom stereocenters. The van der Waals surface area contributed by atoms with Crippen LogP contribution in [-0.4, -0.2) is 0 Å². The number of rotatable bonds is 5. The van der Waals surface area contributed by atoms with E-state index in [1.54, 1.807) is 6.08 Å². The zero-order valence-electron chi connectivity index (χ0n) is 11.7. The van der Waals surface area contributed by atoms with E-state index in [0.29, 0.717) is 0 Å². The van der Waals surface area contributed by atoms with E-state index >= 15 is 0 Å². The van der Waals surface area contributed by atoms with E-state index < -0.39 is 0 Å². The minimum absolute atomic E-state index is 1.00. The molecule has 3 aromatic carbocycles. The smallest absolute Gasteiger partial charge is 0.0146 e. The number of unbranched alkanes of at least 4 members (excludes halogenated alkanes) is 2. The summed E-state index contributed by atoms with van der Waals surface area (Å²) in [6, 6.07) is 19.7. The van der Waals surface area contributed by atoms with E-state index in [9.17, 15) is 0 Å². The van der Waals surface area contributed by atoms with Crippen LogP contribution in [0.15, 0.2) is 60.7 Å². The predicted octanol–water partition coefficient (Wildman–Crippen LogP) is 5.69. The summed E-state index contributed by atoms with van der Waals surface area (Å²) in [5, 5.41) is 5.46. The average molecular weight is 259 g/mol. The summed E-state index contributed by atoms with van der Waals surface area (Å²) in [6.07, 6.45) is 6.24. The van der Waals surface area contributed by atoms with Crippen LogP contribution in [0.25, 0.3) is 21.5 Å². The largest absolute Gasteiger partial charge is 0.0845 e. The van der Waals surface area contributed by atoms with Gasteiger partial charge in [-0.25, -0.2) is 0 Å². The van der Waals surface area contributed by atoms with Crippen molar-refractivity contribution in [2.75, 3.05) is 0 Å². The van der Waals surface area contributed by atoms with Crippen LogP contribution in [0.2, 0.25) is 0 Å². The van der Waals surface area contributed by atoms with Gasteiger partial charge in [0.1, 0.15) is 0 Å². The van der Waals surface area contributed by atoms with Gasteiger partial charge in [0.25, 0.3) is 0 Å². The standard InChI is InChI=1S/C20H19/c1-2-3-4-5-14-20-18-12-8-6-10-16(18)15-17-11-7-9-13-19(17)20/h1-2,6-13,15H,3-5,14H2. The maximum absolute atomic E-state index is 5.46. The van der Waals surface area contributed by atoms with E-state index in [0.717, 1.165) is 19.3 Å². The first-order chi connectivity index (χ1) is 9.90. The minimum Gasteiger partial charge on any atom is -0.0845 e. The van der Waals surface area contributed by atoms with Gasteiger partial charge in [-0.05, 0) is 58.9 Å². The molecule has 0 saturated heterocycles. The number of hydrogen-bond donors (Lipinski definition) is 0. The molecule has 1 radical (unpaired) electrons. The molecule has 0 saturated carbocycles. The first-order valence-corrected chi connectivity index (χ1v) is 7.33. The zero-order chi connectivity index (χ0) is 13.8. The molecule has 0 atom stereocenters. The lowest BCUT2D eigenvalue weighted by Crippen LogP contribution is -1.91. The Bertz CT molecular complexity index is 683. The van der Waals surface area contributed by atoms with Gasteiger partial charge in [-0.2, -0.15) is 0 Å². The van der Waals surface area contributed by atoms with Crippen LogP contribution < -0.4 is 0 Å². The Morgan fingerprint density at radius 2 is 1.40 bits per heavy atom. The van der Waals surface area contributed by atoms with Crippen LogP contribution in [-0.2, 0) is 6.42 Å². The molecule has 0 aromatic heterocycles. The van der Waals surface area contributed by atoms with Crippen molar-refractivity contribution in [3.05, 3.63) is 72.8 Å². The van der Waals surface area contributed by atoms with E-state index in [4.69, 9.17) is 6.58 Å². The molecule has 0 aliphatic heterocycles. The van der Waals surface area contributed by atoms with Crippen LogP contribution in [0.5, 0.6) is 0 Å². The Kier molecular flexibility index (Phi) is 3.83. The molecule has 3 rings (SSSR count). The predicted molar refractivity (Wildman–Crippen MR) is 87.9 cm³/mol. The maximum Gasteiger partial charge on any atom is -0.0146 e. The molecular weight excluding hydrogens is 240 g/mol. The average Bonchev–Trinajstić information content (AvgIpc) is 2.50. The molecule has 0 amide bonds. The third-order valence-electron chi connectivity index (χ3n) is 3.93. The van der Waals surface area contributed by atoms with Gasteiger partial charge in [-0.3, -0.25) is 0 Å². The van der Waals surface area contributed by atoms with Gasteiger partial charge in [-0.15, -0.1) is 0 Å². The van der Waals surface area contributed by atoms with Gasteiger partial charge >= 0.3 is 0 Å². The normalized spacial score (nSPS) is 11.0. The van der Waals surface area contributed by atoms with Crippen LogP contribution in [0.3, 0.4) is 0 Å². The topological polar surface area (TPSA) is 0 Å². The van der Waals surface area contributed by atoms with Crippen molar-refractivity contribution in [1.82, 2.24) is 0 Å². The van der Waals surface area contributed by atoms with E-state index in [2.05, 4.69) is 54.6 Å². The summed E-state index contributed by atoms with van der Waals surface area (Å²) in [5.74, 6) is 0. The highest BCUT2D eigenvalue weighted by Gasteiger charge is 2.06. The minimum atomic E-state index is 1.00. The Labute approximate surface area is 120 Å². The molecule has 3 aromatic rings. The SMILES string of the molecule is [CH]=CCCCCc1c2ccccc2cc2ccccc12.